The van der Waals surface area contributed by atoms with E-state index in [9.17, 15) is 9.90 Å². The van der Waals surface area contributed by atoms with Crippen molar-refractivity contribution in [2.75, 3.05) is 33.3 Å². The van der Waals surface area contributed by atoms with E-state index in [0.29, 0.717) is 5.75 Å². The molecular weight excluding hydrogens is 389 g/mol. The van der Waals surface area contributed by atoms with Gasteiger partial charge in [0.05, 0.1) is 6.10 Å². The molecule has 2 fully saturated rings. The summed E-state index contributed by atoms with van der Waals surface area (Å²) in [5.41, 5.74) is 7.24. The molecule has 1 aromatic carbocycles. The molecule has 6 nitrogen and oxygen atoms in total. The molecule has 1 aliphatic carbocycles. The fraction of sp³-hybridized carbons (Fsp3) is 0.632. The second-order valence-corrected chi connectivity index (χ2v) is 7.22. The summed E-state index contributed by atoms with van der Waals surface area (Å²) >= 11 is 0. The lowest BCUT2D eigenvalue weighted by molar-refractivity contribution is -0.139. The number of nitrogens with zero attached hydrogens (tertiary/aromatic N) is 2. The Morgan fingerprint density at radius 1 is 1.22 bits per heavy atom. The highest BCUT2D eigenvalue weighted by atomic mass is 35.5. The summed E-state index contributed by atoms with van der Waals surface area (Å²) in [7, 11) is 1.69. The summed E-state index contributed by atoms with van der Waals surface area (Å²) in [5.74, 6) is 0.593. The van der Waals surface area contributed by atoms with Crippen LogP contribution < -0.4 is 5.73 Å². The number of ether oxygens (including phenoxy) is 1. The van der Waals surface area contributed by atoms with Crippen LogP contribution in [-0.2, 0) is 16.1 Å². The van der Waals surface area contributed by atoms with Crippen molar-refractivity contribution >= 4 is 30.7 Å². The Morgan fingerprint density at radius 3 is 2.52 bits per heavy atom. The van der Waals surface area contributed by atoms with Crippen molar-refractivity contribution in [3.8, 4) is 5.75 Å². The van der Waals surface area contributed by atoms with Crippen LogP contribution in [0.2, 0.25) is 0 Å². The van der Waals surface area contributed by atoms with Gasteiger partial charge in [-0.15, -0.1) is 24.8 Å². The molecule has 1 heterocycles. The Morgan fingerprint density at radius 2 is 1.93 bits per heavy atom. The van der Waals surface area contributed by atoms with Crippen LogP contribution in [-0.4, -0.2) is 66.2 Å². The summed E-state index contributed by atoms with van der Waals surface area (Å²) in [5, 5.41) is 9.57. The van der Waals surface area contributed by atoms with Gasteiger partial charge in [0.1, 0.15) is 5.75 Å². The number of phenols is 1. The Hall–Kier alpha value is -1.05. The van der Waals surface area contributed by atoms with E-state index in [2.05, 4.69) is 4.90 Å². The molecule has 3 rings (SSSR count). The minimum absolute atomic E-state index is 0. The summed E-state index contributed by atoms with van der Waals surface area (Å²) < 4.78 is 5.38. The first-order valence-electron chi connectivity index (χ1n) is 9.14. The largest absolute Gasteiger partial charge is 0.508 e. The van der Waals surface area contributed by atoms with Crippen molar-refractivity contribution < 1.29 is 14.6 Å². The number of amides is 1. The van der Waals surface area contributed by atoms with Crippen LogP contribution in [0.1, 0.15) is 24.8 Å². The van der Waals surface area contributed by atoms with Crippen molar-refractivity contribution in [1.82, 2.24) is 9.80 Å². The first-order valence-corrected chi connectivity index (χ1v) is 9.14. The van der Waals surface area contributed by atoms with Gasteiger partial charge < -0.3 is 20.5 Å². The van der Waals surface area contributed by atoms with Crippen LogP contribution in [0.3, 0.4) is 0 Å². The summed E-state index contributed by atoms with van der Waals surface area (Å²) in [6.07, 6.45) is 2.55. The number of halogens is 2. The van der Waals surface area contributed by atoms with Crippen LogP contribution in [0.15, 0.2) is 24.3 Å². The fourth-order valence-corrected chi connectivity index (χ4v) is 3.99. The molecule has 1 saturated carbocycles. The molecule has 1 aromatic rings. The van der Waals surface area contributed by atoms with E-state index < -0.39 is 0 Å². The van der Waals surface area contributed by atoms with Gasteiger partial charge in [-0.1, -0.05) is 12.1 Å². The van der Waals surface area contributed by atoms with E-state index in [1.54, 1.807) is 19.2 Å². The Kier molecular flexibility index (Phi) is 9.84. The molecule has 0 spiro atoms. The number of hydrogen-bond acceptors (Lipinski definition) is 5. The lowest BCUT2D eigenvalue weighted by atomic mass is 9.83. The van der Waals surface area contributed by atoms with Gasteiger partial charge in [-0.25, -0.2) is 0 Å². The van der Waals surface area contributed by atoms with E-state index in [1.165, 1.54) is 0 Å². The van der Waals surface area contributed by atoms with Crippen LogP contribution in [0.25, 0.3) is 0 Å². The first-order chi connectivity index (χ1) is 12.1. The molecule has 3 N–H and O–H groups in total. The van der Waals surface area contributed by atoms with Gasteiger partial charge in [-0.2, -0.15) is 0 Å². The molecule has 0 aromatic heterocycles. The van der Waals surface area contributed by atoms with Crippen molar-refractivity contribution in [2.24, 2.45) is 11.7 Å². The van der Waals surface area contributed by atoms with Crippen LogP contribution in [0.5, 0.6) is 5.75 Å². The zero-order chi connectivity index (χ0) is 17.8. The molecule has 1 amide bonds. The number of rotatable bonds is 4. The molecule has 0 bridgehead atoms. The molecule has 1 aliphatic heterocycles. The number of benzene rings is 1. The average Bonchev–Trinajstić information content (AvgIpc) is 2.62. The minimum atomic E-state index is -0.0419. The van der Waals surface area contributed by atoms with Crippen molar-refractivity contribution in [1.29, 1.82) is 0 Å². The van der Waals surface area contributed by atoms with Crippen LogP contribution >= 0.6 is 24.8 Å². The molecule has 3 atom stereocenters. The smallest absolute Gasteiger partial charge is 0.225 e. The number of aromatic hydroxyl groups is 1. The van der Waals surface area contributed by atoms with E-state index in [4.69, 9.17) is 10.5 Å². The zero-order valence-electron chi connectivity index (χ0n) is 15.8. The number of piperazine rings is 1. The minimum Gasteiger partial charge on any atom is -0.508 e. The number of nitrogens with two attached hydrogens (primary N) is 1. The predicted octanol–water partition coefficient (Wildman–Crippen LogP) is 2.02. The van der Waals surface area contributed by atoms with Crippen molar-refractivity contribution in [3.05, 3.63) is 29.8 Å². The monoisotopic (exact) mass is 419 g/mol. The molecule has 27 heavy (non-hydrogen) atoms. The van der Waals surface area contributed by atoms with Crippen molar-refractivity contribution in [3.63, 3.8) is 0 Å². The first kappa shape index (κ1) is 24.0. The number of phenolic OH excluding ortho intramolecular Hbond substituents is 1. The summed E-state index contributed by atoms with van der Waals surface area (Å²) in [6.45, 7) is 4.05. The lowest BCUT2D eigenvalue weighted by Gasteiger charge is -2.39. The number of carbonyl (C=O) groups is 1. The molecule has 1 saturated heterocycles. The topological polar surface area (TPSA) is 79.0 Å². The van der Waals surface area contributed by atoms with Crippen molar-refractivity contribution in [2.45, 2.75) is 38.0 Å². The second-order valence-electron chi connectivity index (χ2n) is 7.22. The fourth-order valence-electron chi connectivity index (χ4n) is 3.99. The van der Waals surface area contributed by atoms with Gasteiger partial charge in [-0.3, -0.25) is 9.69 Å². The maximum Gasteiger partial charge on any atom is 0.225 e. The molecule has 2 aliphatic rings. The van der Waals surface area contributed by atoms with Crippen LogP contribution in [0, 0.1) is 5.92 Å². The van der Waals surface area contributed by atoms with Gasteiger partial charge in [0.25, 0.3) is 0 Å². The van der Waals surface area contributed by atoms with Gasteiger partial charge >= 0.3 is 0 Å². The van der Waals surface area contributed by atoms with E-state index in [-0.39, 0.29) is 48.8 Å². The Bertz CT molecular complexity index is 597. The third-order valence-electron chi connectivity index (χ3n) is 5.49. The van der Waals surface area contributed by atoms with Gasteiger partial charge in [0, 0.05) is 51.8 Å². The predicted molar refractivity (Wildman–Crippen MR) is 111 cm³/mol. The third-order valence-corrected chi connectivity index (χ3v) is 5.49. The molecule has 154 valence electrons. The van der Waals surface area contributed by atoms with E-state index in [1.807, 2.05) is 17.0 Å². The van der Waals surface area contributed by atoms with Gasteiger partial charge in [0.2, 0.25) is 5.91 Å². The lowest BCUT2D eigenvalue weighted by Crippen LogP contribution is -2.52. The number of carbonyl (C=O) groups excluding carboxylic acids is 1. The standard InChI is InChI=1S/C19H29N3O3.2ClH/c1-25-18-6-5-15(12-17(18)20)19(24)22-9-7-21(8-10-22)13-14-3-2-4-16(23)11-14;;/h2-4,11,15,17-18,23H,5-10,12-13,20H2,1H3;2*1H/t15-,17+,18+;;/m0../s1. The van der Waals surface area contributed by atoms with Crippen LogP contribution in [0.4, 0.5) is 0 Å². The summed E-state index contributed by atoms with van der Waals surface area (Å²) in [6, 6.07) is 7.33. The highest BCUT2D eigenvalue weighted by Gasteiger charge is 2.34. The molecule has 0 radical (unpaired) electrons. The Balaban J connectivity index is 0.00000182. The second kappa shape index (κ2) is 11.1. The normalized spacial score (nSPS) is 26.0. The van der Waals surface area contributed by atoms with Gasteiger partial charge in [-0.05, 0) is 37.0 Å². The highest BCUT2D eigenvalue weighted by molar-refractivity contribution is 5.85. The average molecular weight is 420 g/mol. The third kappa shape index (κ3) is 6.22. The quantitative estimate of drug-likeness (QED) is 0.780. The zero-order valence-corrected chi connectivity index (χ0v) is 17.4. The SMILES string of the molecule is CO[C@@H]1CC[C@H](C(=O)N2CCN(Cc3cccc(O)c3)CC2)C[C@H]1N.Cl.Cl. The number of hydrogen-bond donors (Lipinski definition) is 2. The maximum absolute atomic E-state index is 12.8. The molecular formula is C19H31Cl2N3O3. The summed E-state index contributed by atoms with van der Waals surface area (Å²) in [4.78, 5) is 17.1. The number of methoxy groups -OCH3 is 1. The van der Waals surface area contributed by atoms with Gasteiger partial charge in [0.15, 0.2) is 0 Å². The highest BCUT2D eigenvalue weighted by Crippen LogP contribution is 2.27. The Labute approximate surface area is 173 Å². The molecule has 8 heteroatoms. The van der Waals surface area contributed by atoms with E-state index in [0.717, 1.165) is 57.5 Å². The molecule has 0 unspecified atom stereocenters. The van der Waals surface area contributed by atoms with E-state index >= 15 is 0 Å². The maximum atomic E-state index is 12.8.